The number of carbonyl (C=O) groups excluding carboxylic acids is 1. The van der Waals surface area contributed by atoms with Gasteiger partial charge in [0.25, 0.3) is 0 Å². The summed E-state index contributed by atoms with van der Waals surface area (Å²) in [6.45, 7) is 4.76. The summed E-state index contributed by atoms with van der Waals surface area (Å²) in [4.78, 5) is 11.2. The maximum atomic E-state index is 11.2. The molecule has 3 heteroatoms. The van der Waals surface area contributed by atoms with Crippen LogP contribution < -0.4 is 5.32 Å². The molecule has 1 amide bonds. The van der Waals surface area contributed by atoms with Crippen LogP contribution in [-0.4, -0.2) is 17.8 Å². The van der Waals surface area contributed by atoms with E-state index in [1.54, 1.807) is 0 Å². The monoisotopic (exact) mass is 219 g/mol. The fourth-order valence-electron chi connectivity index (χ4n) is 1.34. The largest absolute Gasteiger partial charge is 0.355 e. The van der Waals surface area contributed by atoms with Crippen molar-refractivity contribution in [1.82, 2.24) is 5.32 Å². The zero-order valence-corrected chi connectivity index (χ0v) is 10.1. The third kappa shape index (κ3) is 7.19. The molecule has 84 valence electrons. The molecule has 1 N–H and O–H groups in total. The number of hydrogen-bond acceptors (Lipinski definition) is 1. The van der Waals surface area contributed by atoms with E-state index in [2.05, 4.69) is 12.2 Å². The van der Waals surface area contributed by atoms with E-state index < -0.39 is 0 Å². The van der Waals surface area contributed by atoms with Gasteiger partial charge in [0.15, 0.2) is 0 Å². The Labute approximate surface area is 92.4 Å². The molecule has 0 radical (unpaired) electrons. The summed E-state index contributed by atoms with van der Waals surface area (Å²) in [7, 11) is 0. The van der Waals surface area contributed by atoms with E-state index in [-0.39, 0.29) is 11.3 Å². The van der Waals surface area contributed by atoms with Gasteiger partial charge in [0.05, 0.1) is 0 Å². The zero-order chi connectivity index (χ0) is 10.8. The zero-order valence-electron chi connectivity index (χ0n) is 9.31. The molecule has 2 nitrogen and oxygen atoms in total. The van der Waals surface area contributed by atoms with Gasteiger partial charge in [0, 0.05) is 6.54 Å². The second-order valence-electron chi connectivity index (χ2n) is 3.57. The van der Waals surface area contributed by atoms with Crippen LogP contribution in [-0.2, 0) is 4.79 Å². The van der Waals surface area contributed by atoms with Crippen molar-refractivity contribution in [2.75, 3.05) is 6.54 Å². The van der Waals surface area contributed by atoms with E-state index in [4.69, 9.17) is 11.6 Å². The normalized spacial score (nSPS) is 12.5. The van der Waals surface area contributed by atoms with Gasteiger partial charge in [-0.05, 0) is 13.3 Å². The van der Waals surface area contributed by atoms with Gasteiger partial charge in [-0.25, -0.2) is 0 Å². The van der Waals surface area contributed by atoms with Gasteiger partial charge >= 0.3 is 0 Å². The van der Waals surface area contributed by atoms with Gasteiger partial charge in [-0.1, -0.05) is 39.0 Å². The van der Waals surface area contributed by atoms with Crippen molar-refractivity contribution in [2.45, 2.75) is 57.7 Å². The molecule has 0 rings (SSSR count). The van der Waals surface area contributed by atoms with Crippen molar-refractivity contribution in [2.24, 2.45) is 0 Å². The van der Waals surface area contributed by atoms with Crippen LogP contribution in [0, 0.1) is 0 Å². The first-order valence-corrected chi connectivity index (χ1v) is 6.07. The maximum Gasteiger partial charge on any atom is 0.238 e. The molecule has 0 aliphatic carbocycles. The van der Waals surface area contributed by atoms with Crippen molar-refractivity contribution in [3.8, 4) is 0 Å². The van der Waals surface area contributed by atoms with E-state index in [9.17, 15) is 4.79 Å². The molecule has 0 aromatic rings. The SMILES string of the molecule is CCCCCCCC(Cl)C(=O)NCC. The Morgan fingerprint density at radius 1 is 1.21 bits per heavy atom. The van der Waals surface area contributed by atoms with Gasteiger partial charge in [-0.3, -0.25) is 4.79 Å². The Bertz CT molecular complexity index is 150. The number of unbranched alkanes of at least 4 members (excludes halogenated alkanes) is 4. The lowest BCUT2D eigenvalue weighted by Crippen LogP contribution is -2.30. The van der Waals surface area contributed by atoms with Crippen LogP contribution in [0.15, 0.2) is 0 Å². The van der Waals surface area contributed by atoms with Crippen molar-refractivity contribution < 1.29 is 4.79 Å². The molecular formula is C11H22ClNO. The van der Waals surface area contributed by atoms with E-state index in [0.29, 0.717) is 6.54 Å². The Morgan fingerprint density at radius 2 is 1.86 bits per heavy atom. The fraction of sp³-hybridized carbons (Fsp3) is 0.909. The summed E-state index contributed by atoms with van der Waals surface area (Å²) in [6, 6.07) is 0. The van der Waals surface area contributed by atoms with Crippen LogP contribution in [0.2, 0.25) is 0 Å². The molecule has 0 bridgehead atoms. The lowest BCUT2D eigenvalue weighted by Gasteiger charge is -2.08. The molecule has 0 saturated heterocycles. The van der Waals surface area contributed by atoms with Gasteiger partial charge in [0.1, 0.15) is 5.38 Å². The molecule has 0 aliphatic rings. The highest BCUT2D eigenvalue weighted by Gasteiger charge is 2.12. The Kier molecular flexibility index (Phi) is 9.16. The van der Waals surface area contributed by atoms with Crippen molar-refractivity contribution in [1.29, 1.82) is 0 Å². The van der Waals surface area contributed by atoms with Gasteiger partial charge < -0.3 is 5.32 Å². The van der Waals surface area contributed by atoms with E-state index in [0.717, 1.165) is 12.8 Å². The molecular weight excluding hydrogens is 198 g/mol. The van der Waals surface area contributed by atoms with E-state index in [1.807, 2.05) is 6.92 Å². The van der Waals surface area contributed by atoms with Crippen molar-refractivity contribution >= 4 is 17.5 Å². The fourth-order valence-corrected chi connectivity index (χ4v) is 1.57. The molecule has 0 fully saturated rings. The van der Waals surface area contributed by atoms with Crippen LogP contribution in [0.3, 0.4) is 0 Å². The Balaban J connectivity index is 3.34. The van der Waals surface area contributed by atoms with Crippen LogP contribution in [0.25, 0.3) is 0 Å². The van der Waals surface area contributed by atoms with Gasteiger partial charge in [-0.15, -0.1) is 11.6 Å². The number of carbonyl (C=O) groups is 1. The van der Waals surface area contributed by atoms with Gasteiger partial charge in [-0.2, -0.15) is 0 Å². The average molecular weight is 220 g/mol. The summed E-state index contributed by atoms with van der Waals surface area (Å²) >= 11 is 5.91. The predicted octanol–water partition coefficient (Wildman–Crippen LogP) is 3.09. The maximum absolute atomic E-state index is 11.2. The first-order valence-electron chi connectivity index (χ1n) is 5.64. The molecule has 0 spiro atoms. The van der Waals surface area contributed by atoms with E-state index >= 15 is 0 Å². The number of halogens is 1. The average Bonchev–Trinajstić information content (AvgIpc) is 2.17. The minimum atomic E-state index is -0.337. The number of nitrogens with one attached hydrogen (secondary N) is 1. The molecule has 0 aliphatic heterocycles. The molecule has 0 heterocycles. The standard InChI is InChI=1S/C11H22ClNO/c1-3-5-6-7-8-9-10(12)11(14)13-4-2/h10H,3-9H2,1-2H3,(H,13,14). The minimum Gasteiger partial charge on any atom is -0.355 e. The molecule has 14 heavy (non-hydrogen) atoms. The van der Waals surface area contributed by atoms with Gasteiger partial charge in [0.2, 0.25) is 5.91 Å². The highest BCUT2D eigenvalue weighted by molar-refractivity contribution is 6.30. The van der Waals surface area contributed by atoms with Crippen LogP contribution in [0.5, 0.6) is 0 Å². The highest BCUT2D eigenvalue weighted by atomic mass is 35.5. The summed E-state index contributed by atoms with van der Waals surface area (Å²) < 4.78 is 0. The Morgan fingerprint density at radius 3 is 2.43 bits per heavy atom. The van der Waals surface area contributed by atoms with Crippen LogP contribution in [0.1, 0.15) is 52.4 Å². The third-order valence-electron chi connectivity index (χ3n) is 2.20. The van der Waals surface area contributed by atoms with Crippen LogP contribution in [0.4, 0.5) is 0 Å². The Hall–Kier alpha value is -0.240. The number of hydrogen-bond donors (Lipinski definition) is 1. The summed E-state index contributed by atoms with van der Waals surface area (Å²) in [5.74, 6) is -0.0235. The van der Waals surface area contributed by atoms with E-state index in [1.165, 1.54) is 25.7 Å². The quantitative estimate of drug-likeness (QED) is 0.493. The summed E-state index contributed by atoms with van der Waals surface area (Å²) in [5.41, 5.74) is 0. The van der Waals surface area contributed by atoms with Crippen molar-refractivity contribution in [3.63, 3.8) is 0 Å². The minimum absolute atomic E-state index is 0.0235. The molecule has 0 aromatic heterocycles. The molecule has 0 aromatic carbocycles. The first kappa shape index (κ1) is 13.8. The first-order chi connectivity index (χ1) is 6.72. The number of amides is 1. The smallest absolute Gasteiger partial charge is 0.238 e. The lowest BCUT2D eigenvalue weighted by molar-refractivity contribution is -0.120. The molecule has 1 unspecified atom stereocenters. The predicted molar refractivity (Wildman–Crippen MR) is 61.7 cm³/mol. The second kappa shape index (κ2) is 9.32. The number of rotatable bonds is 8. The highest BCUT2D eigenvalue weighted by Crippen LogP contribution is 2.11. The lowest BCUT2D eigenvalue weighted by atomic mass is 10.1. The summed E-state index contributed by atoms with van der Waals surface area (Å²) in [6.07, 6.45) is 6.85. The topological polar surface area (TPSA) is 29.1 Å². The van der Waals surface area contributed by atoms with Crippen LogP contribution >= 0.6 is 11.6 Å². The molecule has 1 atom stereocenters. The third-order valence-corrected chi connectivity index (χ3v) is 2.61. The summed E-state index contributed by atoms with van der Waals surface area (Å²) in [5, 5.41) is 2.39. The second-order valence-corrected chi connectivity index (χ2v) is 4.09. The number of alkyl halides is 1. The van der Waals surface area contributed by atoms with Crippen molar-refractivity contribution in [3.05, 3.63) is 0 Å². The molecule has 0 saturated carbocycles.